The second kappa shape index (κ2) is 5.21. The van der Waals surface area contributed by atoms with E-state index >= 15 is 0 Å². The van der Waals surface area contributed by atoms with Crippen LogP contribution in [0, 0.1) is 16.7 Å². The Bertz CT molecular complexity index is 182. The van der Waals surface area contributed by atoms with Gasteiger partial charge in [0.2, 0.25) is 0 Å². The molecule has 0 spiro atoms. The summed E-state index contributed by atoms with van der Waals surface area (Å²) >= 11 is 0. The monoisotopic (exact) mass is 184 g/mol. The first kappa shape index (κ1) is 12.4. The highest BCUT2D eigenvalue weighted by atomic mass is 16.3. The van der Waals surface area contributed by atoms with Crippen LogP contribution >= 0.6 is 0 Å². The Morgan fingerprint density at radius 1 is 1.54 bits per heavy atom. The lowest BCUT2D eigenvalue weighted by Gasteiger charge is -2.22. The van der Waals surface area contributed by atoms with Gasteiger partial charge >= 0.3 is 0 Å². The number of nitriles is 1. The van der Waals surface area contributed by atoms with Crippen LogP contribution in [0.25, 0.3) is 0 Å². The van der Waals surface area contributed by atoms with Gasteiger partial charge in [-0.2, -0.15) is 5.26 Å². The first-order valence-corrected chi connectivity index (χ1v) is 4.65. The van der Waals surface area contributed by atoms with Gasteiger partial charge in [0.05, 0.1) is 17.6 Å². The van der Waals surface area contributed by atoms with Crippen LogP contribution in [-0.2, 0) is 0 Å². The average molecular weight is 184 g/mol. The summed E-state index contributed by atoms with van der Waals surface area (Å²) in [5.41, 5.74) is -0.257. The molecule has 1 unspecified atom stereocenters. The van der Waals surface area contributed by atoms with E-state index in [1.165, 1.54) is 0 Å². The summed E-state index contributed by atoms with van der Waals surface area (Å²) in [6, 6.07) is 2.26. The fourth-order valence-electron chi connectivity index (χ4n) is 1.07. The standard InChI is InChI=1S/C10H20N2O/c1-9(13)7-12(4)6-5-10(2,3)8-11/h9,13H,5-7H2,1-4H3. The average Bonchev–Trinajstić information content (AvgIpc) is 2.00. The molecular weight excluding hydrogens is 164 g/mol. The molecule has 0 rings (SSSR count). The Kier molecular flexibility index (Phi) is 4.97. The van der Waals surface area contributed by atoms with E-state index in [1.807, 2.05) is 25.8 Å². The normalized spacial score (nSPS) is 14.2. The summed E-state index contributed by atoms with van der Waals surface area (Å²) in [5.74, 6) is 0. The zero-order valence-electron chi connectivity index (χ0n) is 9.04. The minimum atomic E-state index is -0.296. The molecule has 0 aromatic rings. The molecular formula is C10H20N2O. The smallest absolute Gasteiger partial charge is 0.0684 e. The van der Waals surface area contributed by atoms with Crippen LogP contribution in [0.3, 0.4) is 0 Å². The number of aliphatic hydroxyl groups excluding tert-OH is 1. The van der Waals surface area contributed by atoms with E-state index in [2.05, 4.69) is 6.07 Å². The third-order valence-corrected chi connectivity index (χ3v) is 2.00. The molecule has 0 aliphatic carbocycles. The quantitative estimate of drug-likeness (QED) is 0.699. The van der Waals surface area contributed by atoms with Gasteiger partial charge in [0.1, 0.15) is 0 Å². The van der Waals surface area contributed by atoms with Crippen LogP contribution in [0.4, 0.5) is 0 Å². The van der Waals surface area contributed by atoms with Gasteiger partial charge in [-0.15, -0.1) is 0 Å². The van der Waals surface area contributed by atoms with Gasteiger partial charge in [0, 0.05) is 6.54 Å². The Morgan fingerprint density at radius 2 is 2.08 bits per heavy atom. The van der Waals surface area contributed by atoms with Crippen LogP contribution < -0.4 is 0 Å². The Hall–Kier alpha value is -0.590. The topological polar surface area (TPSA) is 47.3 Å². The van der Waals surface area contributed by atoms with Gasteiger partial charge in [-0.05, 0) is 40.8 Å². The SMILES string of the molecule is CC(O)CN(C)CCC(C)(C)C#N. The Labute approximate surface area is 81.0 Å². The Balaban J connectivity index is 3.71. The fraction of sp³-hybridized carbons (Fsp3) is 0.900. The van der Waals surface area contributed by atoms with E-state index in [0.717, 1.165) is 13.0 Å². The lowest BCUT2D eigenvalue weighted by molar-refractivity contribution is 0.136. The van der Waals surface area contributed by atoms with Crippen molar-refractivity contribution < 1.29 is 5.11 Å². The first-order chi connectivity index (χ1) is 5.87. The highest BCUT2D eigenvalue weighted by Crippen LogP contribution is 2.18. The minimum Gasteiger partial charge on any atom is -0.392 e. The molecule has 3 nitrogen and oxygen atoms in total. The van der Waals surface area contributed by atoms with E-state index in [-0.39, 0.29) is 11.5 Å². The van der Waals surface area contributed by atoms with Crippen LogP contribution in [0.1, 0.15) is 27.2 Å². The molecule has 1 atom stereocenters. The van der Waals surface area contributed by atoms with Crippen molar-refractivity contribution in [1.82, 2.24) is 4.90 Å². The van der Waals surface area contributed by atoms with Gasteiger partial charge in [0.25, 0.3) is 0 Å². The molecule has 0 amide bonds. The predicted octanol–water partition coefficient (Wildman–Crippen LogP) is 1.24. The molecule has 0 heterocycles. The molecule has 0 aromatic carbocycles. The molecule has 0 aliphatic rings. The van der Waals surface area contributed by atoms with E-state index in [9.17, 15) is 0 Å². The summed E-state index contributed by atoms with van der Waals surface area (Å²) < 4.78 is 0. The molecule has 76 valence electrons. The van der Waals surface area contributed by atoms with E-state index in [0.29, 0.717) is 6.54 Å². The van der Waals surface area contributed by atoms with Crippen molar-refractivity contribution in [2.45, 2.75) is 33.3 Å². The van der Waals surface area contributed by atoms with Crippen molar-refractivity contribution in [2.75, 3.05) is 20.1 Å². The summed E-state index contributed by atoms with van der Waals surface area (Å²) in [6.07, 6.45) is 0.544. The van der Waals surface area contributed by atoms with Gasteiger partial charge in [0.15, 0.2) is 0 Å². The van der Waals surface area contributed by atoms with E-state index in [1.54, 1.807) is 6.92 Å². The first-order valence-electron chi connectivity index (χ1n) is 4.65. The van der Waals surface area contributed by atoms with Gasteiger partial charge < -0.3 is 10.0 Å². The fourth-order valence-corrected chi connectivity index (χ4v) is 1.07. The summed E-state index contributed by atoms with van der Waals surface area (Å²) in [4.78, 5) is 2.05. The molecule has 0 saturated heterocycles. The Morgan fingerprint density at radius 3 is 2.46 bits per heavy atom. The molecule has 0 saturated carbocycles. The van der Waals surface area contributed by atoms with Gasteiger partial charge in [-0.25, -0.2) is 0 Å². The molecule has 0 radical (unpaired) electrons. The van der Waals surface area contributed by atoms with Crippen molar-refractivity contribution in [3.05, 3.63) is 0 Å². The molecule has 0 fully saturated rings. The molecule has 3 heteroatoms. The number of hydrogen-bond acceptors (Lipinski definition) is 3. The van der Waals surface area contributed by atoms with Crippen LogP contribution in [-0.4, -0.2) is 36.2 Å². The number of rotatable bonds is 5. The summed E-state index contributed by atoms with van der Waals surface area (Å²) in [6.45, 7) is 7.16. The van der Waals surface area contributed by atoms with E-state index < -0.39 is 0 Å². The zero-order chi connectivity index (χ0) is 10.5. The number of hydrogen-bond donors (Lipinski definition) is 1. The molecule has 1 N–H and O–H groups in total. The van der Waals surface area contributed by atoms with Crippen LogP contribution in [0.2, 0.25) is 0 Å². The number of aliphatic hydroxyl groups is 1. The maximum atomic E-state index is 9.10. The second-order valence-electron chi connectivity index (χ2n) is 4.36. The molecule has 0 aromatic heterocycles. The highest BCUT2D eigenvalue weighted by molar-refractivity contribution is 4.91. The molecule has 13 heavy (non-hydrogen) atoms. The molecule has 0 aliphatic heterocycles. The largest absolute Gasteiger partial charge is 0.392 e. The maximum absolute atomic E-state index is 9.10. The summed E-state index contributed by atoms with van der Waals surface area (Å²) in [7, 11) is 1.96. The van der Waals surface area contributed by atoms with Crippen molar-refractivity contribution >= 4 is 0 Å². The van der Waals surface area contributed by atoms with Crippen molar-refractivity contribution in [1.29, 1.82) is 5.26 Å². The summed E-state index contributed by atoms with van der Waals surface area (Å²) in [5, 5.41) is 17.9. The number of likely N-dealkylation sites (N-methyl/N-ethyl adjacent to an activating group) is 1. The number of nitrogens with zero attached hydrogens (tertiary/aromatic N) is 2. The lowest BCUT2D eigenvalue weighted by atomic mass is 9.91. The van der Waals surface area contributed by atoms with Crippen molar-refractivity contribution in [3.63, 3.8) is 0 Å². The van der Waals surface area contributed by atoms with Crippen LogP contribution in [0.15, 0.2) is 0 Å². The predicted molar refractivity (Wildman–Crippen MR) is 53.2 cm³/mol. The van der Waals surface area contributed by atoms with Gasteiger partial charge in [-0.3, -0.25) is 0 Å². The molecule has 0 bridgehead atoms. The third kappa shape index (κ3) is 6.56. The van der Waals surface area contributed by atoms with E-state index in [4.69, 9.17) is 10.4 Å². The van der Waals surface area contributed by atoms with Crippen molar-refractivity contribution in [2.24, 2.45) is 5.41 Å². The van der Waals surface area contributed by atoms with Crippen molar-refractivity contribution in [3.8, 4) is 6.07 Å². The zero-order valence-corrected chi connectivity index (χ0v) is 9.04. The lowest BCUT2D eigenvalue weighted by Crippen LogP contribution is -2.30. The minimum absolute atomic E-state index is 0.257. The maximum Gasteiger partial charge on any atom is 0.0684 e. The highest BCUT2D eigenvalue weighted by Gasteiger charge is 2.17. The van der Waals surface area contributed by atoms with Gasteiger partial charge in [-0.1, -0.05) is 0 Å². The van der Waals surface area contributed by atoms with Crippen LogP contribution in [0.5, 0.6) is 0 Å². The second-order valence-corrected chi connectivity index (χ2v) is 4.36. The third-order valence-electron chi connectivity index (χ3n) is 2.00.